The van der Waals surface area contributed by atoms with Crippen LogP contribution in [0.2, 0.25) is 0 Å². The number of aliphatic hydroxyl groups excluding tert-OH is 1. The molecule has 0 aliphatic carbocycles. The van der Waals surface area contributed by atoms with E-state index in [9.17, 15) is 5.11 Å². The Hall–Kier alpha value is -2.66. The van der Waals surface area contributed by atoms with Crippen LogP contribution in [0.4, 0.5) is 5.82 Å². The number of fused-ring (bicyclic) bond motifs is 1. The lowest BCUT2D eigenvalue weighted by atomic mass is 10.1. The number of aliphatic hydroxyl groups is 1. The molecule has 2 aromatic heterocycles. The lowest BCUT2D eigenvalue weighted by Crippen LogP contribution is -2.18. The number of nitrogens with one attached hydrogen (secondary N) is 1. The number of benzene rings is 1. The summed E-state index contributed by atoms with van der Waals surface area (Å²) in [6.45, 7) is 4.62. The van der Waals surface area contributed by atoms with Crippen LogP contribution in [0.1, 0.15) is 26.7 Å². The van der Waals surface area contributed by atoms with Crippen LogP contribution in [0.15, 0.2) is 48.7 Å². The zero-order valence-electron chi connectivity index (χ0n) is 16.1. The minimum absolute atomic E-state index is 0.313. The van der Waals surface area contributed by atoms with E-state index in [1.807, 2.05) is 55.7 Å². The number of ether oxygens (including phenoxy) is 1. The molecule has 2 N–H and O–H groups in total. The Morgan fingerprint density at radius 1 is 1.07 bits per heavy atom. The first-order valence-corrected chi connectivity index (χ1v) is 9.41. The zero-order valence-corrected chi connectivity index (χ0v) is 16.1. The third-order valence-corrected chi connectivity index (χ3v) is 4.50. The molecule has 0 bridgehead atoms. The average Bonchev–Trinajstić information content (AvgIpc) is 2.70. The van der Waals surface area contributed by atoms with Gasteiger partial charge in [-0.3, -0.25) is 0 Å². The molecule has 0 aliphatic heterocycles. The molecule has 0 fully saturated rings. The van der Waals surface area contributed by atoms with Gasteiger partial charge in [-0.25, -0.2) is 9.97 Å². The molecule has 2 heterocycles. The first kappa shape index (κ1) is 19.1. The summed E-state index contributed by atoms with van der Waals surface area (Å²) in [5.74, 6) is 2.17. The molecular weight excluding hydrogens is 338 g/mol. The third kappa shape index (κ3) is 5.17. The molecule has 0 unspecified atom stereocenters. The topological polar surface area (TPSA) is 67.3 Å². The van der Waals surface area contributed by atoms with Crippen LogP contribution in [0.3, 0.4) is 0 Å². The van der Waals surface area contributed by atoms with Crippen molar-refractivity contribution in [3.63, 3.8) is 0 Å². The quantitative estimate of drug-likeness (QED) is 0.614. The highest BCUT2D eigenvalue weighted by Crippen LogP contribution is 2.24. The van der Waals surface area contributed by atoms with E-state index in [-0.39, 0.29) is 0 Å². The summed E-state index contributed by atoms with van der Waals surface area (Å²) in [4.78, 5) is 9.06. The number of hydrogen-bond donors (Lipinski definition) is 2. The van der Waals surface area contributed by atoms with Gasteiger partial charge in [0.15, 0.2) is 0 Å². The molecular formula is C22H27N3O2. The minimum Gasteiger partial charge on any atom is -0.491 e. The van der Waals surface area contributed by atoms with Crippen LogP contribution in [-0.4, -0.2) is 34.8 Å². The van der Waals surface area contributed by atoms with Crippen molar-refractivity contribution in [3.8, 4) is 17.0 Å². The second-order valence-corrected chi connectivity index (χ2v) is 7.17. The Bertz CT molecular complexity index is 878. The van der Waals surface area contributed by atoms with Crippen LogP contribution in [0.25, 0.3) is 22.2 Å². The fourth-order valence-electron chi connectivity index (χ4n) is 2.85. The number of hydrogen-bond acceptors (Lipinski definition) is 5. The van der Waals surface area contributed by atoms with Gasteiger partial charge >= 0.3 is 0 Å². The van der Waals surface area contributed by atoms with Gasteiger partial charge in [0.2, 0.25) is 0 Å². The van der Waals surface area contributed by atoms with Gasteiger partial charge in [0.25, 0.3) is 0 Å². The smallest absolute Gasteiger partial charge is 0.125 e. The van der Waals surface area contributed by atoms with E-state index in [1.54, 1.807) is 0 Å². The maximum Gasteiger partial charge on any atom is 0.125 e. The molecule has 3 rings (SSSR count). The van der Waals surface area contributed by atoms with Gasteiger partial charge in [0.05, 0.1) is 17.3 Å². The average molecular weight is 365 g/mol. The molecule has 0 radical (unpaired) electrons. The van der Waals surface area contributed by atoms with Crippen LogP contribution in [0.5, 0.6) is 5.75 Å². The van der Waals surface area contributed by atoms with Gasteiger partial charge in [-0.15, -0.1) is 0 Å². The molecule has 0 amide bonds. The fraction of sp³-hybridized carbons (Fsp3) is 0.364. The van der Waals surface area contributed by atoms with Crippen LogP contribution >= 0.6 is 0 Å². The normalized spacial score (nSPS) is 12.3. The summed E-state index contributed by atoms with van der Waals surface area (Å²) < 4.78 is 5.75. The van der Waals surface area contributed by atoms with E-state index >= 15 is 0 Å². The summed E-state index contributed by atoms with van der Waals surface area (Å²) in [6, 6.07) is 13.8. The lowest BCUT2D eigenvalue weighted by Gasteiger charge is -2.14. The van der Waals surface area contributed by atoms with Gasteiger partial charge in [-0.2, -0.15) is 0 Å². The van der Waals surface area contributed by atoms with Crippen LogP contribution in [-0.2, 0) is 0 Å². The zero-order chi connectivity index (χ0) is 19.2. The van der Waals surface area contributed by atoms with Gasteiger partial charge in [-0.05, 0) is 55.2 Å². The summed E-state index contributed by atoms with van der Waals surface area (Å²) in [5.41, 5.74) is 2.76. The number of rotatable bonds is 8. The minimum atomic E-state index is -0.434. The first-order chi connectivity index (χ1) is 13.0. The predicted octanol–water partition coefficient (Wildman–Crippen LogP) is 4.51. The highest BCUT2D eigenvalue weighted by molar-refractivity contribution is 5.82. The maximum absolute atomic E-state index is 10.0. The van der Waals surface area contributed by atoms with E-state index in [1.165, 1.54) is 0 Å². The Labute approximate surface area is 160 Å². The van der Waals surface area contributed by atoms with Crippen molar-refractivity contribution in [2.45, 2.75) is 32.8 Å². The Balaban J connectivity index is 1.69. The van der Waals surface area contributed by atoms with Crippen molar-refractivity contribution in [1.82, 2.24) is 9.97 Å². The molecule has 0 spiro atoms. The largest absolute Gasteiger partial charge is 0.491 e. The van der Waals surface area contributed by atoms with Crippen LogP contribution in [0, 0.1) is 5.92 Å². The van der Waals surface area contributed by atoms with Crippen molar-refractivity contribution in [3.05, 3.63) is 48.7 Å². The predicted molar refractivity (Wildman–Crippen MR) is 110 cm³/mol. The molecule has 0 saturated carbocycles. The summed E-state index contributed by atoms with van der Waals surface area (Å²) >= 11 is 0. The van der Waals surface area contributed by atoms with Crippen molar-refractivity contribution in [1.29, 1.82) is 0 Å². The Morgan fingerprint density at radius 3 is 2.63 bits per heavy atom. The SMILES string of the molecule is CNc1ccc(-c2ccc3cc(OC[C@H](O)CCC(C)C)ccc3n2)cn1. The molecule has 27 heavy (non-hydrogen) atoms. The number of aromatic nitrogens is 2. The van der Waals surface area contributed by atoms with E-state index in [0.717, 1.165) is 46.6 Å². The molecule has 0 saturated heterocycles. The molecule has 5 heteroatoms. The molecule has 3 aromatic rings. The summed E-state index contributed by atoms with van der Waals surface area (Å²) in [5, 5.41) is 14.0. The monoisotopic (exact) mass is 365 g/mol. The number of anilines is 1. The maximum atomic E-state index is 10.0. The van der Waals surface area contributed by atoms with E-state index in [0.29, 0.717) is 12.5 Å². The first-order valence-electron chi connectivity index (χ1n) is 9.41. The summed E-state index contributed by atoms with van der Waals surface area (Å²) in [6.07, 6.45) is 3.14. The van der Waals surface area contributed by atoms with Gasteiger partial charge < -0.3 is 15.2 Å². The van der Waals surface area contributed by atoms with Crippen molar-refractivity contribution in [2.24, 2.45) is 5.92 Å². The number of pyridine rings is 2. The van der Waals surface area contributed by atoms with E-state index in [2.05, 4.69) is 24.1 Å². The summed E-state index contributed by atoms with van der Waals surface area (Å²) in [7, 11) is 1.85. The fourth-order valence-corrected chi connectivity index (χ4v) is 2.85. The molecule has 1 aromatic carbocycles. The molecule has 5 nitrogen and oxygen atoms in total. The van der Waals surface area contributed by atoms with Crippen LogP contribution < -0.4 is 10.1 Å². The highest BCUT2D eigenvalue weighted by atomic mass is 16.5. The van der Waals surface area contributed by atoms with E-state index in [4.69, 9.17) is 9.72 Å². The van der Waals surface area contributed by atoms with E-state index < -0.39 is 6.10 Å². The Kier molecular flexibility index (Phi) is 6.24. The second-order valence-electron chi connectivity index (χ2n) is 7.17. The van der Waals surface area contributed by atoms with Gasteiger partial charge in [0, 0.05) is 24.2 Å². The van der Waals surface area contributed by atoms with Gasteiger partial charge in [0.1, 0.15) is 18.2 Å². The number of nitrogens with zero attached hydrogens (tertiary/aromatic N) is 2. The van der Waals surface area contributed by atoms with Crippen molar-refractivity contribution in [2.75, 3.05) is 19.0 Å². The van der Waals surface area contributed by atoms with Crippen molar-refractivity contribution < 1.29 is 9.84 Å². The molecule has 142 valence electrons. The van der Waals surface area contributed by atoms with Gasteiger partial charge in [-0.1, -0.05) is 19.9 Å². The Morgan fingerprint density at radius 2 is 1.93 bits per heavy atom. The van der Waals surface area contributed by atoms with Crippen molar-refractivity contribution >= 4 is 16.7 Å². The highest BCUT2D eigenvalue weighted by Gasteiger charge is 2.08. The lowest BCUT2D eigenvalue weighted by molar-refractivity contribution is 0.0951. The third-order valence-electron chi connectivity index (χ3n) is 4.50. The molecule has 1 atom stereocenters. The molecule has 0 aliphatic rings. The second kappa shape index (κ2) is 8.82. The standard InChI is InChI=1S/C22H27N3O2/c1-15(2)4-7-18(26)14-27-19-8-10-20-16(12-19)5-9-21(25-20)17-6-11-22(23-3)24-13-17/h5-6,8-13,15,18,26H,4,7,14H2,1-3H3,(H,23,24)/t18-/m1/s1.